The zero-order valence-corrected chi connectivity index (χ0v) is 25.9. The first-order chi connectivity index (χ1) is 21.7. The first-order valence-electron chi connectivity index (χ1n) is 14.6. The Morgan fingerprint density at radius 2 is 1.22 bits per heavy atom. The smallest absolute Gasteiger partial charge is 0.356 e. The van der Waals surface area contributed by atoms with Gasteiger partial charge >= 0.3 is 17.9 Å². The van der Waals surface area contributed by atoms with Crippen LogP contribution in [0.1, 0.15) is 25.8 Å². The summed E-state index contributed by atoms with van der Waals surface area (Å²) in [6.45, 7) is -0.471. The molecule has 230 valence electrons. The maximum Gasteiger partial charge on any atom is 0.356 e. The highest BCUT2D eigenvalue weighted by Crippen LogP contribution is 2.50. The van der Waals surface area contributed by atoms with E-state index in [1.54, 1.807) is 6.92 Å². The SMILES string of the molecule is CC(=O)OC(C)C1C(=O)N(C(C(=O)OCc2ccccc2)=P(c2ccccc2)(c2ccccc2)c2ccccc2)C1CC(=O)O. The molecular weight excluding hydrogens is 589 g/mol. The Bertz CT molecular complexity index is 1620. The van der Waals surface area contributed by atoms with E-state index >= 15 is 0 Å². The lowest BCUT2D eigenvalue weighted by Gasteiger charge is -2.50. The molecule has 0 bridgehead atoms. The monoisotopic (exact) mass is 623 g/mol. The standard InChI is InChI=1S/C36H34NO7P/c1-25(44-26(2)38)33-31(23-32(39)40)37(34(33)41)35(36(42)43-24-27-15-7-3-8-16-27)45(28-17-9-4-10-18-28,29-19-11-5-12-20-29)30-21-13-6-14-22-30/h3-22,25,31,33H,23-24H2,1-2H3,(H,39,40). The summed E-state index contributed by atoms with van der Waals surface area (Å²) in [5, 5.41) is 12.4. The number of likely N-dealkylation sites (tertiary alicyclic amines) is 1. The van der Waals surface area contributed by atoms with E-state index in [2.05, 4.69) is 0 Å². The molecule has 1 N–H and O–H groups in total. The molecule has 3 atom stereocenters. The van der Waals surface area contributed by atoms with Gasteiger partial charge in [0.1, 0.15) is 18.1 Å². The normalized spacial score (nSPS) is 16.7. The molecule has 1 saturated heterocycles. The van der Waals surface area contributed by atoms with Crippen LogP contribution in [0.4, 0.5) is 0 Å². The van der Waals surface area contributed by atoms with E-state index in [1.807, 2.05) is 121 Å². The Morgan fingerprint density at radius 3 is 1.64 bits per heavy atom. The molecular formula is C36H34NO7P. The predicted octanol–water partition coefficient (Wildman–Crippen LogP) is 4.11. The van der Waals surface area contributed by atoms with Crippen molar-refractivity contribution in [2.24, 2.45) is 5.92 Å². The second kappa shape index (κ2) is 13.8. The van der Waals surface area contributed by atoms with Crippen molar-refractivity contribution in [3.8, 4) is 0 Å². The Morgan fingerprint density at radius 1 is 0.778 bits per heavy atom. The van der Waals surface area contributed by atoms with Gasteiger partial charge in [-0.15, -0.1) is 0 Å². The van der Waals surface area contributed by atoms with Gasteiger partial charge in [0.15, 0.2) is 0 Å². The summed E-state index contributed by atoms with van der Waals surface area (Å²) in [7, 11) is 0. The van der Waals surface area contributed by atoms with Crippen molar-refractivity contribution in [1.29, 1.82) is 0 Å². The van der Waals surface area contributed by atoms with Crippen LogP contribution in [-0.4, -0.2) is 51.4 Å². The number of nitrogens with zero attached hydrogens (tertiary/aromatic N) is 1. The Labute approximate surface area is 262 Å². The third kappa shape index (κ3) is 6.33. The third-order valence-corrected chi connectivity index (χ3v) is 12.1. The minimum Gasteiger partial charge on any atom is -0.481 e. The summed E-state index contributed by atoms with van der Waals surface area (Å²) in [4.78, 5) is 54.4. The quantitative estimate of drug-likeness (QED) is 0.152. The molecule has 0 aromatic heterocycles. The van der Waals surface area contributed by atoms with Crippen LogP contribution in [0.25, 0.3) is 0 Å². The molecule has 0 aliphatic carbocycles. The van der Waals surface area contributed by atoms with Crippen LogP contribution >= 0.6 is 6.89 Å². The second-order valence-corrected chi connectivity index (χ2v) is 14.1. The molecule has 0 radical (unpaired) electrons. The lowest BCUT2D eigenvalue weighted by Crippen LogP contribution is -2.69. The van der Waals surface area contributed by atoms with Gasteiger partial charge in [-0.2, -0.15) is 0 Å². The summed E-state index contributed by atoms with van der Waals surface area (Å²) >= 11 is 0. The molecule has 4 aromatic carbocycles. The molecule has 0 saturated carbocycles. The number of carboxylic acids is 1. The van der Waals surface area contributed by atoms with Gasteiger partial charge in [0.2, 0.25) is 5.91 Å². The number of benzene rings is 4. The highest BCUT2D eigenvalue weighted by molar-refractivity contribution is 7.96. The van der Waals surface area contributed by atoms with E-state index in [9.17, 15) is 24.3 Å². The summed E-state index contributed by atoms with van der Waals surface area (Å²) < 4.78 is 11.4. The molecule has 1 heterocycles. The lowest BCUT2D eigenvalue weighted by atomic mass is 9.81. The van der Waals surface area contributed by atoms with Gasteiger partial charge in [-0.05, 0) is 28.4 Å². The van der Waals surface area contributed by atoms with Gasteiger partial charge in [-0.25, -0.2) is 4.79 Å². The maximum atomic E-state index is 14.7. The Kier molecular flexibility index (Phi) is 9.65. The first-order valence-corrected chi connectivity index (χ1v) is 16.4. The number of amides is 1. The Balaban J connectivity index is 1.85. The third-order valence-electron chi connectivity index (χ3n) is 7.88. The van der Waals surface area contributed by atoms with E-state index in [-0.39, 0.29) is 12.0 Å². The van der Waals surface area contributed by atoms with Crippen LogP contribution in [0.5, 0.6) is 0 Å². The number of ether oxygens (including phenoxy) is 2. The second-order valence-electron chi connectivity index (χ2n) is 10.8. The predicted molar refractivity (Wildman–Crippen MR) is 174 cm³/mol. The molecule has 1 amide bonds. The van der Waals surface area contributed by atoms with Crippen molar-refractivity contribution >= 4 is 52.0 Å². The van der Waals surface area contributed by atoms with Gasteiger partial charge in [-0.1, -0.05) is 121 Å². The largest absolute Gasteiger partial charge is 0.481 e. The van der Waals surface area contributed by atoms with Crippen LogP contribution in [0, 0.1) is 5.92 Å². The molecule has 1 aliphatic heterocycles. The lowest BCUT2D eigenvalue weighted by molar-refractivity contribution is -0.168. The summed E-state index contributed by atoms with van der Waals surface area (Å²) in [6, 6.07) is 36.7. The number of carbonyl (C=O) groups is 4. The van der Waals surface area contributed by atoms with E-state index in [0.717, 1.165) is 21.5 Å². The summed E-state index contributed by atoms with van der Waals surface area (Å²) in [5.41, 5.74) is 0.830. The minimum atomic E-state index is -3.22. The minimum absolute atomic E-state index is 0.0551. The fourth-order valence-electron chi connectivity index (χ4n) is 6.03. The van der Waals surface area contributed by atoms with Gasteiger partial charge in [0.05, 0.1) is 18.4 Å². The highest BCUT2D eigenvalue weighted by Gasteiger charge is 2.56. The number of carbonyl (C=O) groups excluding carboxylic acids is 3. The number of β-lactam (4-membered cyclic amide) rings is 1. The van der Waals surface area contributed by atoms with Crippen LogP contribution in [-0.2, 0) is 35.3 Å². The van der Waals surface area contributed by atoms with Crippen molar-refractivity contribution < 1.29 is 33.8 Å². The molecule has 1 fully saturated rings. The van der Waals surface area contributed by atoms with E-state index in [0.29, 0.717) is 0 Å². The summed E-state index contributed by atoms with van der Waals surface area (Å²) in [5.74, 6) is -3.95. The molecule has 0 spiro atoms. The van der Waals surface area contributed by atoms with Crippen molar-refractivity contribution in [3.63, 3.8) is 0 Å². The number of carboxylic acid groups (broad SMARTS) is 1. The van der Waals surface area contributed by atoms with Gasteiger partial charge in [0, 0.05) is 13.8 Å². The molecule has 4 aromatic rings. The highest BCUT2D eigenvalue weighted by atomic mass is 31.2. The average molecular weight is 624 g/mol. The van der Waals surface area contributed by atoms with Gasteiger partial charge in [-0.3, -0.25) is 14.4 Å². The Hall–Kier alpha value is -4.94. The van der Waals surface area contributed by atoms with E-state index in [1.165, 1.54) is 11.8 Å². The van der Waals surface area contributed by atoms with Crippen molar-refractivity contribution in [1.82, 2.24) is 4.90 Å². The number of rotatable bonds is 11. The van der Waals surface area contributed by atoms with Crippen molar-refractivity contribution in [2.75, 3.05) is 0 Å². The van der Waals surface area contributed by atoms with Crippen molar-refractivity contribution in [3.05, 3.63) is 127 Å². The van der Waals surface area contributed by atoms with E-state index in [4.69, 9.17) is 9.47 Å². The van der Waals surface area contributed by atoms with Gasteiger partial charge < -0.3 is 19.5 Å². The zero-order valence-electron chi connectivity index (χ0n) is 25.0. The number of esters is 2. The topological polar surface area (TPSA) is 110 Å². The molecule has 45 heavy (non-hydrogen) atoms. The zero-order chi connectivity index (χ0) is 32.0. The molecule has 1 aliphatic rings. The maximum absolute atomic E-state index is 14.7. The molecule has 8 nitrogen and oxygen atoms in total. The number of aliphatic carboxylic acids is 1. The molecule has 9 heteroatoms. The number of hydrogen-bond donors (Lipinski definition) is 1. The first kappa shape index (κ1) is 31.5. The fraction of sp³-hybridized carbons (Fsp3) is 0.194. The van der Waals surface area contributed by atoms with Gasteiger partial charge in [0.25, 0.3) is 0 Å². The van der Waals surface area contributed by atoms with Crippen LogP contribution in [0.3, 0.4) is 0 Å². The number of hydrogen-bond acceptors (Lipinski definition) is 6. The van der Waals surface area contributed by atoms with Crippen molar-refractivity contribution in [2.45, 2.75) is 39.0 Å². The molecule has 3 unspecified atom stereocenters. The van der Waals surface area contributed by atoms with Crippen LogP contribution in [0.15, 0.2) is 121 Å². The average Bonchev–Trinajstić information content (AvgIpc) is 3.05. The van der Waals surface area contributed by atoms with E-state index < -0.39 is 55.2 Å². The van der Waals surface area contributed by atoms with Crippen LogP contribution < -0.4 is 15.9 Å². The molecule has 5 rings (SSSR count). The summed E-state index contributed by atoms with van der Waals surface area (Å²) in [6.07, 6.45) is -1.37. The fourth-order valence-corrected chi connectivity index (χ4v) is 10.4. The van der Waals surface area contributed by atoms with Crippen LogP contribution in [0.2, 0.25) is 0 Å².